The fourth-order valence-electron chi connectivity index (χ4n) is 4.79. The third kappa shape index (κ3) is 2.32. The topological polar surface area (TPSA) is 107 Å². The molecule has 4 atom stereocenters. The molecule has 2 saturated heterocycles. The van der Waals surface area contributed by atoms with Crippen LogP contribution in [0.4, 0.5) is 5.69 Å². The summed E-state index contributed by atoms with van der Waals surface area (Å²) in [6, 6.07) is 4.25. The normalized spacial score (nSPS) is 31.9. The predicted octanol–water partition coefficient (Wildman–Crippen LogP) is -0.238. The van der Waals surface area contributed by atoms with Crippen molar-refractivity contribution in [3.05, 3.63) is 29.3 Å². The highest BCUT2D eigenvalue weighted by atomic mass is 16.3. The SMILES string of the molecule is O=C1CCC(N2C(=O)c3ccc(N4C[C@@H]5[C@H](CO)[C@@H]5C4)cc3C2=O)C(=O)N1. The molecule has 0 spiro atoms. The Hall–Kier alpha value is -2.74. The van der Waals surface area contributed by atoms with E-state index in [1.807, 2.05) is 6.07 Å². The highest BCUT2D eigenvalue weighted by molar-refractivity contribution is 6.23. The molecule has 1 aliphatic carbocycles. The summed E-state index contributed by atoms with van der Waals surface area (Å²) in [7, 11) is 0. The molecule has 8 heteroatoms. The fraction of sp³-hybridized carbons (Fsp3) is 0.474. The lowest BCUT2D eigenvalue weighted by molar-refractivity contribution is -0.136. The Morgan fingerprint density at radius 2 is 1.74 bits per heavy atom. The molecule has 3 aliphatic heterocycles. The van der Waals surface area contributed by atoms with Crippen LogP contribution < -0.4 is 10.2 Å². The van der Waals surface area contributed by atoms with E-state index < -0.39 is 23.8 Å². The van der Waals surface area contributed by atoms with Crippen LogP contribution in [0.25, 0.3) is 0 Å². The van der Waals surface area contributed by atoms with Crippen LogP contribution >= 0.6 is 0 Å². The van der Waals surface area contributed by atoms with Gasteiger partial charge in [-0.05, 0) is 42.4 Å². The van der Waals surface area contributed by atoms with Crippen molar-refractivity contribution in [3.63, 3.8) is 0 Å². The van der Waals surface area contributed by atoms with E-state index >= 15 is 0 Å². The van der Waals surface area contributed by atoms with Crippen LogP contribution in [0.15, 0.2) is 18.2 Å². The van der Waals surface area contributed by atoms with Crippen LogP contribution in [-0.4, -0.2) is 59.4 Å². The number of rotatable bonds is 3. The van der Waals surface area contributed by atoms with E-state index in [1.165, 1.54) is 0 Å². The Morgan fingerprint density at radius 3 is 2.41 bits per heavy atom. The van der Waals surface area contributed by atoms with Gasteiger partial charge in [0.2, 0.25) is 11.8 Å². The maximum Gasteiger partial charge on any atom is 0.262 e. The first-order valence-electron chi connectivity index (χ1n) is 9.21. The molecule has 1 unspecified atom stereocenters. The molecular weight excluding hydrogens is 350 g/mol. The Morgan fingerprint density at radius 1 is 1.04 bits per heavy atom. The number of nitrogens with zero attached hydrogens (tertiary/aromatic N) is 2. The number of aliphatic hydroxyl groups excluding tert-OH is 1. The van der Waals surface area contributed by atoms with Gasteiger partial charge in [-0.2, -0.15) is 0 Å². The van der Waals surface area contributed by atoms with Gasteiger partial charge in [0.15, 0.2) is 0 Å². The number of aliphatic hydroxyl groups is 1. The number of fused-ring (bicyclic) bond motifs is 2. The minimum atomic E-state index is -0.941. The smallest absolute Gasteiger partial charge is 0.262 e. The molecule has 140 valence electrons. The van der Waals surface area contributed by atoms with Crippen molar-refractivity contribution in [1.82, 2.24) is 10.2 Å². The molecule has 1 aromatic carbocycles. The summed E-state index contributed by atoms with van der Waals surface area (Å²) >= 11 is 0. The van der Waals surface area contributed by atoms with Gasteiger partial charge in [-0.15, -0.1) is 0 Å². The maximum absolute atomic E-state index is 12.9. The van der Waals surface area contributed by atoms with Crippen LogP contribution in [0, 0.1) is 17.8 Å². The van der Waals surface area contributed by atoms with Crippen LogP contribution in [0.1, 0.15) is 33.6 Å². The maximum atomic E-state index is 12.9. The Kier molecular flexibility index (Phi) is 3.42. The molecule has 1 saturated carbocycles. The van der Waals surface area contributed by atoms with Crippen molar-refractivity contribution < 1.29 is 24.3 Å². The average Bonchev–Trinajstić information content (AvgIpc) is 3.00. The number of anilines is 1. The van der Waals surface area contributed by atoms with Crippen molar-refractivity contribution in [3.8, 4) is 0 Å². The summed E-state index contributed by atoms with van der Waals surface area (Å²) in [6.07, 6.45) is 0.263. The molecule has 1 aromatic rings. The molecular formula is C19H19N3O5. The predicted molar refractivity (Wildman–Crippen MR) is 92.9 cm³/mol. The van der Waals surface area contributed by atoms with Crippen molar-refractivity contribution in [1.29, 1.82) is 0 Å². The standard InChI is InChI=1S/C19H19N3O5/c23-8-14-12-6-21(7-13(12)14)9-1-2-10-11(5-9)19(27)22(18(10)26)15-3-4-16(24)20-17(15)25/h1-2,5,12-15,23H,3-4,6-8H2,(H,20,24,25)/t12-,13+,14-,15?. The molecule has 0 radical (unpaired) electrons. The number of hydrogen-bond donors (Lipinski definition) is 2. The van der Waals surface area contributed by atoms with Crippen molar-refractivity contribution in [2.75, 3.05) is 24.6 Å². The molecule has 3 heterocycles. The first-order valence-corrected chi connectivity index (χ1v) is 9.21. The fourth-order valence-corrected chi connectivity index (χ4v) is 4.79. The number of nitrogens with one attached hydrogen (secondary N) is 1. The Balaban J connectivity index is 1.39. The number of carbonyl (C=O) groups excluding carboxylic acids is 4. The quantitative estimate of drug-likeness (QED) is 0.713. The van der Waals surface area contributed by atoms with E-state index in [2.05, 4.69) is 10.2 Å². The van der Waals surface area contributed by atoms with Gasteiger partial charge in [0.25, 0.3) is 11.8 Å². The lowest BCUT2D eigenvalue weighted by Gasteiger charge is -2.27. The Labute approximate surface area is 155 Å². The highest BCUT2D eigenvalue weighted by Gasteiger charge is 2.55. The third-order valence-corrected chi connectivity index (χ3v) is 6.37. The molecule has 3 fully saturated rings. The first kappa shape index (κ1) is 16.4. The number of imide groups is 2. The van der Waals surface area contributed by atoms with Crippen molar-refractivity contribution >= 4 is 29.3 Å². The number of hydrogen-bond acceptors (Lipinski definition) is 6. The zero-order chi connectivity index (χ0) is 18.9. The minimum absolute atomic E-state index is 0.109. The summed E-state index contributed by atoms with van der Waals surface area (Å²) in [5, 5.41) is 11.5. The van der Waals surface area contributed by atoms with E-state index in [9.17, 15) is 24.3 Å². The summed E-state index contributed by atoms with van der Waals surface area (Å²) < 4.78 is 0. The number of piperidine rings is 2. The van der Waals surface area contributed by atoms with Crippen molar-refractivity contribution in [2.24, 2.45) is 17.8 Å². The van der Waals surface area contributed by atoms with Gasteiger partial charge in [-0.25, -0.2) is 0 Å². The van der Waals surface area contributed by atoms with Gasteiger partial charge < -0.3 is 10.0 Å². The second-order valence-electron chi connectivity index (χ2n) is 7.76. The van der Waals surface area contributed by atoms with E-state index in [0.29, 0.717) is 28.9 Å². The van der Waals surface area contributed by atoms with Crippen LogP contribution in [-0.2, 0) is 9.59 Å². The lowest BCUT2D eigenvalue weighted by atomic mass is 10.0. The molecule has 2 N–H and O–H groups in total. The number of benzene rings is 1. The first-order chi connectivity index (χ1) is 13.0. The highest BCUT2D eigenvalue weighted by Crippen LogP contribution is 2.52. The largest absolute Gasteiger partial charge is 0.396 e. The average molecular weight is 369 g/mol. The number of carbonyl (C=O) groups is 4. The third-order valence-electron chi connectivity index (χ3n) is 6.37. The van der Waals surface area contributed by atoms with Gasteiger partial charge in [0.05, 0.1) is 11.1 Å². The summed E-state index contributed by atoms with van der Waals surface area (Å²) in [5.41, 5.74) is 1.48. The van der Waals surface area contributed by atoms with Crippen LogP contribution in [0.2, 0.25) is 0 Å². The molecule has 5 rings (SSSR count). The van der Waals surface area contributed by atoms with Gasteiger partial charge in [0, 0.05) is 31.8 Å². The van der Waals surface area contributed by atoms with E-state index in [-0.39, 0.29) is 25.4 Å². The summed E-state index contributed by atoms with van der Waals surface area (Å²) in [4.78, 5) is 52.2. The zero-order valence-corrected chi connectivity index (χ0v) is 14.6. The van der Waals surface area contributed by atoms with Crippen LogP contribution in [0.5, 0.6) is 0 Å². The second-order valence-corrected chi connectivity index (χ2v) is 7.76. The van der Waals surface area contributed by atoms with Gasteiger partial charge >= 0.3 is 0 Å². The van der Waals surface area contributed by atoms with E-state index in [0.717, 1.165) is 23.7 Å². The Bertz CT molecular complexity index is 885. The van der Waals surface area contributed by atoms with Gasteiger partial charge in [0.1, 0.15) is 6.04 Å². The monoisotopic (exact) mass is 369 g/mol. The molecule has 4 aliphatic rings. The lowest BCUT2D eigenvalue weighted by Crippen LogP contribution is -2.54. The zero-order valence-electron chi connectivity index (χ0n) is 14.6. The molecule has 0 aromatic heterocycles. The number of amides is 4. The summed E-state index contributed by atoms with van der Waals surface area (Å²) in [6.45, 7) is 1.91. The molecule has 0 bridgehead atoms. The molecule has 27 heavy (non-hydrogen) atoms. The van der Waals surface area contributed by atoms with E-state index in [4.69, 9.17) is 0 Å². The van der Waals surface area contributed by atoms with Gasteiger partial charge in [-0.1, -0.05) is 0 Å². The molecule has 8 nitrogen and oxygen atoms in total. The summed E-state index contributed by atoms with van der Waals surface area (Å²) in [5.74, 6) is -0.563. The molecule has 4 amide bonds. The van der Waals surface area contributed by atoms with E-state index in [1.54, 1.807) is 12.1 Å². The van der Waals surface area contributed by atoms with Crippen LogP contribution in [0.3, 0.4) is 0 Å². The second kappa shape index (κ2) is 5.63. The minimum Gasteiger partial charge on any atom is -0.396 e. The van der Waals surface area contributed by atoms with Crippen molar-refractivity contribution in [2.45, 2.75) is 18.9 Å². The van der Waals surface area contributed by atoms with Gasteiger partial charge in [-0.3, -0.25) is 29.4 Å².